The van der Waals surface area contributed by atoms with Crippen LogP contribution in [0.1, 0.15) is 17.3 Å². The summed E-state index contributed by atoms with van der Waals surface area (Å²) < 4.78 is 36.3. The van der Waals surface area contributed by atoms with E-state index in [-0.39, 0.29) is 4.90 Å². The van der Waals surface area contributed by atoms with Crippen LogP contribution >= 0.6 is 11.3 Å². The topological polar surface area (TPSA) is 113 Å². The number of aromatic nitrogens is 1. The first kappa shape index (κ1) is 21.2. The van der Waals surface area contributed by atoms with Crippen LogP contribution in [0.3, 0.4) is 0 Å². The molecule has 0 spiro atoms. The number of ether oxygens (including phenoxy) is 2. The third kappa shape index (κ3) is 4.91. The molecular weight excluding hydrogens is 414 g/mol. The number of carbonyl (C=O) groups excluding carboxylic acids is 1. The van der Waals surface area contributed by atoms with Gasteiger partial charge in [0.25, 0.3) is 5.91 Å². The average molecular weight is 436 g/mol. The fourth-order valence-electron chi connectivity index (χ4n) is 2.73. The lowest BCUT2D eigenvalue weighted by molar-refractivity contribution is 0.0997. The maximum absolute atomic E-state index is 12.7. The molecule has 29 heavy (non-hydrogen) atoms. The van der Waals surface area contributed by atoms with E-state index in [0.717, 1.165) is 5.52 Å². The number of hydrogen-bond acceptors (Lipinski definition) is 6. The second-order valence-electron chi connectivity index (χ2n) is 6.08. The van der Waals surface area contributed by atoms with Gasteiger partial charge >= 0.3 is 0 Å². The minimum absolute atomic E-state index is 0.00882. The number of thiazole rings is 1. The molecule has 8 nitrogen and oxygen atoms in total. The number of fused-ring (bicyclic) bond motifs is 1. The number of carbonyl (C=O) groups is 1. The third-order valence-electron chi connectivity index (χ3n) is 4.11. The van der Waals surface area contributed by atoms with Gasteiger partial charge in [-0.15, -0.1) is 0 Å². The lowest BCUT2D eigenvalue weighted by Gasteiger charge is -2.05. The second-order valence-corrected chi connectivity index (χ2v) is 8.65. The Kier molecular flexibility index (Phi) is 6.48. The van der Waals surface area contributed by atoms with Gasteiger partial charge < -0.3 is 14.0 Å². The molecule has 0 saturated carbocycles. The highest BCUT2D eigenvalue weighted by Crippen LogP contribution is 2.21. The van der Waals surface area contributed by atoms with E-state index in [2.05, 4.69) is 4.99 Å². The molecule has 2 aromatic carbocycles. The van der Waals surface area contributed by atoms with Gasteiger partial charge in [0.2, 0.25) is 10.0 Å². The summed E-state index contributed by atoms with van der Waals surface area (Å²) in [5.41, 5.74) is 1.17. The molecule has 0 aliphatic carbocycles. The van der Waals surface area contributed by atoms with E-state index in [9.17, 15) is 13.2 Å². The molecule has 1 heterocycles. The summed E-state index contributed by atoms with van der Waals surface area (Å²) in [5, 5.41) is 5.23. The first-order valence-electron chi connectivity index (χ1n) is 8.80. The fraction of sp³-hybridized carbons (Fsp3) is 0.263. The van der Waals surface area contributed by atoms with Crippen molar-refractivity contribution in [3.63, 3.8) is 0 Å². The van der Waals surface area contributed by atoms with Crippen LogP contribution in [0.25, 0.3) is 10.2 Å². The van der Waals surface area contributed by atoms with E-state index in [1.165, 1.54) is 23.5 Å². The SMILES string of the molecule is CCOc1ccc(C(=O)N=c2sc3cc(S(N)(=O)=O)ccc3n2CCOC)cc1. The summed E-state index contributed by atoms with van der Waals surface area (Å²) in [6, 6.07) is 11.3. The van der Waals surface area contributed by atoms with Crippen LogP contribution in [0.5, 0.6) is 5.75 Å². The number of primary sulfonamides is 1. The summed E-state index contributed by atoms with van der Waals surface area (Å²) in [4.78, 5) is 17.4. The standard InChI is InChI=1S/C19H21N3O5S2/c1-3-27-14-6-4-13(5-7-14)18(23)21-19-22(10-11-26-2)16-9-8-15(29(20,24)25)12-17(16)28-19/h4-9,12H,3,10-11H2,1-2H3,(H2,20,24,25). The van der Waals surface area contributed by atoms with Gasteiger partial charge in [0.15, 0.2) is 4.80 Å². The van der Waals surface area contributed by atoms with Gasteiger partial charge in [-0.2, -0.15) is 4.99 Å². The first-order chi connectivity index (χ1) is 13.8. The highest BCUT2D eigenvalue weighted by molar-refractivity contribution is 7.89. The zero-order valence-electron chi connectivity index (χ0n) is 16.0. The largest absolute Gasteiger partial charge is 0.494 e. The zero-order chi connectivity index (χ0) is 21.0. The Hall–Kier alpha value is -2.53. The van der Waals surface area contributed by atoms with E-state index in [1.807, 2.05) is 11.5 Å². The molecular formula is C19H21N3O5S2. The van der Waals surface area contributed by atoms with Crippen LogP contribution in [-0.2, 0) is 21.3 Å². The number of nitrogens with zero attached hydrogens (tertiary/aromatic N) is 2. The number of methoxy groups -OCH3 is 1. The Bertz CT molecular complexity index is 1190. The van der Waals surface area contributed by atoms with Crippen LogP contribution in [0.4, 0.5) is 0 Å². The molecule has 0 unspecified atom stereocenters. The predicted molar refractivity (Wildman–Crippen MR) is 111 cm³/mol. The van der Waals surface area contributed by atoms with Gasteiger partial charge in [0, 0.05) is 19.2 Å². The summed E-state index contributed by atoms with van der Waals surface area (Å²) >= 11 is 1.21. The van der Waals surface area contributed by atoms with Crippen LogP contribution in [-0.4, -0.2) is 39.2 Å². The molecule has 0 aliphatic heterocycles. The van der Waals surface area contributed by atoms with Crippen LogP contribution in [0, 0.1) is 0 Å². The van der Waals surface area contributed by atoms with Crippen LogP contribution in [0.2, 0.25) is 0 Å². The molecule has 1 aromatic heterocycles. The van der Waals surface area contributed by atoms with Crippen molar-refractivity contribution < 1.29 is 22.7 Å². The van der Waals surface area contributed by atoms with Gasteiger partial charge in [0.1, 0.15) is 5.75 Å². The minimum atomic E-state index is -3.83. The number of hydrogen-bond donors (Lipinski definition) is 1. The minimum Gasteiger partial charge on any atom is -0.494 e. The van der Waals surface area contributed by atoms with Crippen molar-refractivity contribution in [1.82, 2.24) is 4.57 Å². The third-order valence-corrected chi connectivity index (χ3v) is 6.06. The normalized spacial score (nSPS) is 12.4. The molecule has 0 aliphatic rings. The Morgan fingerprint density at radius 2 is 1.93 bits per heavy atom. The predicted octanol–water partition coefficient (Wildman–Crippen LogP) is 2.14. The van der Waals surface area contributed by atoms with Gasteiger partial charge in [0.05, 0.1) is 28.3 Å². The van der Waals surface area contributed by atoms with Crippen molar-refractivity contribution in [2.45, 2.75) is 18.4 Å². The Morgan fingerprint density at radius 3 is 2.55 bits per heavy atom. The van der Waals surface area contributed by atoms with Gasteiger partial charge in [-0.05, 0) is 49.4 Å². The zero-order valence-corrected chi connectivity index (χ0v) is 17.6. The number of benzene rings is 2. The van der Waals surface area contributed by atoms with Crippen molar-refractivity contribution in [1.29, 1.82) is 0 Å². The highest BCUT2D eigenvalue weighted by atomic mass is 32.2. The van der Waals surface area contributed by atoms with Crippen LogP contribution < -0.4 is 14.7 Å². The molecule has 154 valence electrons. The smallest absolute Gasteiger partial charge is 0.279 e. The Morgan fingerprint density at radius 1 is 1.21 bits per heavy atom. The number of sulfonamides is 1. The molecule has 0 bridgehead atoms. The van der Waals surface area contributed by atoms with E-state index >= 15 is 0 Å². The van der Waals surface area contributed by atoms with E-state index < -0.39 is 15.9 Å². The summed E-state index contributed by atoms with van der Waals surface area (Å²) in [5.74, 6) is 0.272. The average Bonchev–Trinajstić information content (AvgIpc) is 3.02. The van der Waals surface area contributed by atoms with Crippen molar-refractivity contribution in [3.05, 3.63) is 52.8 Å². The van der Waals surface area contributed by atoms with Crippen molar-refractivity contribution in [3.8, 4) is 5.75 Å². The molecule has 3 aromatic rings. The highest BCUT2D eigenvalue weighted by Gasteiger charge is 2.13. The first-order valence-corrected chi connectivity index (χ1v) is 11.2. The van der Waals surface area contributed by atoms with Crippen molar-refractivity contribution in [2.75, 3.05) is 20.3 Å². The molecule has 0 fully saturated rings. The van der Waals surface area contributed by atoms with Crippen LogP contribution in [0.15, 0.2) is 52.4 Å². The molecule has 3 rings (SSSR count). The summed E-state index contributed by atoms with van der Waals surface area (Å²) in [6.45, 7) is 3.29. The van der Waals surface area contributed by atoms with Crippen molar-refractivity contribution in [2.24, 2.45) is 10.1 Å². The van der Waals surface area contributed by atoms with Crippen molar-refractivity contribution >= 4 is 37.5 Å². The lowest BCUT2D eigenvalue weighted by atomic mass is 10.2. The Labute approximate surface area is 172 Å². The Balaban J connectivity index is 2.06. The number of nitrogens with two attached hydrogens (primary N) is 1. The molecule has 1 amide bonds. The van der Waals surface area contributed by atoms with Gasteiger partial charge in [-0.3, -0.25) is 4.79 Å². The van der Waals surface area contributed by atoms with Gasteiger partial charge in [-0.1, -0.05) is 11.3 Å². The lowest BCUT2D eigenvalue weighted by Crippen LogP contribution is -2.19. The monoisotopic (exact) mass is 435 g/mol. The second kappa shape index (κ2) is 8.87. The van der Waals surface area contributed by atoms with E-state index in [4.69, 9.17) is 14.6 Å². The molecule has 2 N–H and O–H groups in total. The fourth-order valence-corrected chi connectivity index (χ4v) is 4.43. The summed E-state index contributed by atoms with van der Waals surface area (Å²) in [6.07, 6.45) is 0. The van der Waals surface area contributed by atoms with Gasteiger partial charge in [-0.25, -0.2) is 13.6 Å². The number of amides is 1. The summed E-state index contributed by atoms with van der Waals surface area (Å²) in [7, 11) is -2.25. The van der Waals surface area contributed by atoms with E-state index in [1.54, 1.807) is 37.4 Å². The maximum Gasteiger partial charge on any atom is 0.279 e. The number of rotatable bonds is 7. The molecule has 0 radical (unpaired) electrons. The van der Waals surface area contributed by atoms with E-state index in [0.29, 0.717) is 40.6 Å². The molecule has 0 saturated heterocycles. The molecule has 10 heteroatoms. The maximum atomic E-state index is 12.7. The molecule has 0 atom stereocenters. The quantitative estimate of drug-likeness (QED) is 0.611.